The normalized spacial score (nSPS) is 18.5. The van der Waals surface area contributed by atoms with Crippen LogP contribution in [0.3, 0.4) is 0 Å². The second-order valence-electron chi connectivity index (χ2n) is 5.94. The molecule has 28 heavy (non-hydrogen) atoms. The van der Waals surface area contributed by atoms with E-state index >= 15 is 0 Å². The monoisotopic (exact) mass is 561 g/mol. The van der Waals surface area contributed by atoms with E-state index < -0.39 is 6.10 Å². The average molecular weight is 561 g/mol. The largest absolute Gasteiger partial charge is 2.00 e. The van der Waals surface area contributed by atoms with Gasteiger partial charge >= 0.3 is 60.9 Å². The van der Waals surface area contributed by atoms with Gasteiger partial charge in [0.05, 0.1) is 12.2 Å². The molecule has 1 heterocycles. The van der Waals surface area contributed by atoms with Gasteiger partial charge in [0.2, 0.25) is 0 Å². The van der Waals surface area contributed by atoms with Gasteiger partial charge < -0.3 is 21.8 Å². The molecule has 0 bridgehead atoms. The summed E-state index contributed by atoms with van der Waals surface area (Å²) in [6, 6.07) is 0. The number of hydrogen-bond donors (Lipinski definition) is 0. The van der Waals surface area contributed by atoms with E-state index in [0.29, 0.717) is 18.6 Å². The zero-order chi connectivity index (χ0) is 21.5. The molecule has 0 radical (unpaired) electrons. The van der Waals surface area contributed by atoms with Crippen LogP contribution in [0.2, 0.25) is 0 Å². The maximum Gasteiger partial charge on any atom is 2.00 e. The molecule has 1 unspecified atom stereocenters. The van der Waals surface area contributed by atoms with E-state index in [4.69, 9.17) is 29.9 Å². The minimum absolute atomic E-state index is 0. The quantitative estimate of drug-likeness (QED) is 0.154. The Balaban J connectivity index is -0.000000200. The molecule has 0 aromatic carbocycles. The number of epoxide rings is 1. The number of carbonyl (C=O) groups excluding carboxylic acids is 1. The maximum atomic E-state index is 10.7. The summed E-state index contributed by atoms with van der Waals surface area (Å²) < 4.78 is 32.9. The van der Waals surface area contributed by atoms with E-state index in [-0.39, 0.29) is 27.0 Å². The van der Waals surface area contributed by atoms with Crippen molar-refractivity contribution in [1.29, 1.82) is 0 Å². The number of ether oxygens (including phenoxy) is 2. The fourth-order valence-corrected chi connectivity index (χ4v) is 2.72. The Labute approximate surface area is 183 Å². The van der Waals surface area contributed by atoms with Crippen molar-refractivity contribution >= 4 is 5.97 Å². The fraction of sp³-hybridized carbons (Fsp3) is 0.714. The first kappa shape index (κ1) is 34.4. The van der Waals surface area contributed by atoms with Crippen LogP contribution in [-0.2, 0) is 49.3 Å². The van der Waals surface area contributed by atoms with Gasteiger partial charge in [-0.25, -0.2) is 0 Å². The first-order chi connectivity index (χ1) is 13.2. The van der Waals surface area contributed by atoms with E-state index in [1.54, 1.807) is 0 Å². The van der Waals surface area contributed by atoms with Crippen LogP contribution in [0.4, 0.5) is 0 Å². The molecule has 0 aromatic rings. The van der Waals surface area contributed by atoms with Crippen molar-refractivity contribution in [3.63, 3.8) is 0 Å². The van der Waals surface area contributed by atoms with Crippen LogP contribution < -0.4 is 0 Å². The third kappa shape index (κ3) is 22.9. The Kier molecular flexibility index (Phi) is 34.5. The zero-order valence-electron chi connectivity index (χ0n) is 16.7. The Morgan fingerprint density at radius 2 is 1.46 bits per heavy atom. The van der Waals surface area contributed by atoms with Gasteiger partial charge in [0, 0.05) is 6.92 Å². The molecule has 1 saturated carbocycles. The van der Waals surface area contributed by atoms with Gasteiger partial charge in [-0.15, -0.1) is 0 Å². The van der Waals surface area contributed by atoms with E-state index in [2.05, 4.69) is 32.8 Å². The summed E-state index contributed by atoms with van der Waals surface area (Å²) in [6.45, 7) is 17.0. The minimum Gasteiger partial charge on any atom is 2.00 e. The Hall–Kier alpha value is -1.10. The van der Waals surface area contributed by atoms with E-state index in [0.717, 1.165) is 25.7 Å². The van der Waals surface area contributed by atoms with Crippen LogP contribution in [0.15, 0.2) is 0 Å². The number of rotatable bonds is 7. The molecule has 0 aromatic heterocycles. The smallest absolute Gasteiger partial charge is 2.00 e. The van der Waals surface area contributed by atoms with Crippen LogP contribution in [0.1, 0.15) is 78.1 Å². The van der Waals surface area contributed by atoms with Crippen molar-refractivity contribution in [3.05, 3.63) is 26.4 Å². The van der Waals surface area contributed by atoms with Crippen LogP contribution in [0.25, 0.3) is 0 Å². The summed E-state index contributed by atoms with van der Waals surface area (Å²) >= 11 is 0. The molecule has 0 spiro atoms. The molecule has 7 heteroatoms. The Morgan fingerprint density at radius 3 is 1.82 bits per heavy atom. The maximum absolute atomic E-state index is 10.7. The van der Waals surface area contributed by atoms with Crippen molar-refractivity contribution in [3.8, 4) is 5.92 Å². The van der Waals surface area contributed by atoms with Crippen molar-refractivity contribution in [2.24, 2.45) is 0 Å². The van der Waals surface area contributed by atoms with Gasteiger partial charge in [-0.3, -0.25) is 4.79 Å². The number of carbonyl (C=O) groups is 1. The molecule has 2 fully saturated rings. The molecule has 1 aliphatic carbocycles. The van der Waals surface area contributed by atoms with E-state index in [9.17, 15) is 4.79 Å². The summed E-state index contributed by atoms with van der Waals surface area (Å²) in [6.07, 6.45) is 19.7. The molecular formula is C21H29O6W+. The van der Waals surface area contributed by atoms with Crippen LogP contribution in [-0.4, -0.2) is 24.3 Å². The Morgan fingerprint density at radius 1 is 1.04 bits per heavy atom. The molecule has 1 aliphatic heterocycles. The summed E-state index contributed by atoms with van der Waals surface area (Å²) in [5, 5.41) is 0. The van der Waals surface area contributed by atoms with Gasteiger partial charge in [0.25, 0.3) is 0 Å². The second kappa shape index (κ2) is 28.1. The van der Waals surface area contributed by atoms with E-state index in [1.165, 1.54) is 39.0 Å². The molecule has 3 atom stereocenters. The summed E-state index contributed by atoms with van der Waals surface area (Å²) in [5.74, 6) is 1.88. The standard InChI is InChI=1S/C13H19O3.C5H10.3CO.W/c1-4-7-12-13(16-12)9-6-8-11(5-2)15-10(3)14;1-2-4-5-3-1;3*1-2;/h11-13H,4,6-9H2,1,3H3;1-5H2;;;;/q-1;;;;;+2/t11?,12-,13-;;;;;/m1...../s1. The van der Waals surface area contributed by atoms with Gasteiger partial charge in [0.1, 0.15) is 6.10 Å². The van der Waals surface area contributed by atoms with Gasteiger partial charge in [-0.1, -0.05) is 45.4 Å². The molecule has 6 nitrogen and oxygen atoms in total. The Bertz CT molecular complexity index is 426. The SMILES string of the molecule is C1CCCC1.[C-]#CC(CCC[C@H]1O[C@@H]1CCC)OC(C)=O.[C-]#[O+].[C-]#[O+].[C-]#[O+].[W+2]. The molecular weight excluding hydrogens is 532 g/mol. The van der Waals surface area contributed by atoms with Gasteiger partial charge in [-0.05, 0) is 25.7 Å². The van der Waals surface area contributed by atoms with Crippen molar-refractivity contribution < 1.29 is 49.3 Å². The van der Waals surface area contributed by atoms with Crippen molar-refractivity contribution in [2.75, 3.05) is 0 Å². The van der Waals surface area contributed by atoms with Crippen LogP contribution >= 0.6 is 0 Å². The fourth-order valence-electron chi connectivity index (χ4n) is 2.72. The van der Waals surface area contributed by atoms with Gasteiger partial charge in [-0.2, -0.15) is 0 Å². The van der Waals surface area contributed by atoms with Crippen molar-refractivity contribution in [1.82, 2.24) is 0 Å². The number of hydrogen-bond acceptors (Lipinski definition) is 3. The third-order valence-electron chi connectivity index (χ3n) is 3.94. The molecule has 0 N–H and O–H groups in total. The molecule has 1 saturated heterocycles. The molecule has 2 aliphatic rings. The molecule has 0 amide bonds. The van der Waals surface area contributed by atoms with Crippen molar-refractivity contribution in [2.45, 2.75) is 96.4 Å². The molecule has 154 valence electrons. The zero-order valence-corrected chi connectivity index (χ0v) is 19.6. The predicted octanol–water partition coefficient (Wildman–Crippen LogP) is 4.08. The second-order valence-corrected chi connectivity index (χ2v) is 5.94. The number of esters is 1. The van der Waals surface area contributed by atoms with E-state index in [1.807, 2.05) is 0 Å². The summed E-state index contributed by atoms with van der Waals surface area (Å²) in [7, 11) is 0. The van der Waals surface area contributed by atoms with Gasteiger partial charge in [0.15, 0.2) is 0 Å². The van der Waals surface area contributed by atoms with Crippen LogP contribution in [0, 0.1) is 32.3 Å². The molecule has 2 rings (SSSR count). The topological polar surface area (TPSA) is 98.5 Å². The minimum atomic E-state index is -0.485. The predicted molar refractivity (Wildman–Crippen MR) is 95.0 cm³/mol. The first-order valence-electron chi connectivity index (χ1n) is 9.03. The summed E-state index contributed by atoms with van der Waals surface area (Å²) in [4.78, 5) is 10.7. The third-order valence-corrected chi connectivity index (χ3v) is 3.94. The van der Waals surface area contributed by atoms with Crippen LogP contribution in [0.5, 0.6) is 0 Å². The summed E-state index contributed by atoms with van der Waals surface area (Å²) in [5.41, 5.74) is 0. The first-order valence-corrected chi connectivity index (χ1v) is 9.03. The average Bonchev–Trinajstić information content (AvgIpc) is 3.17.